The number of amides is 1. The van der Waals surface area contributed by atoms with Crippen molar-refractivity contribution >= 4 is 5.91 Å². The number of benzene rings is 1. The Labute approximate surface area is 127 Å². The van der Waals surface area contributed by atoms with Crippen molar-refractivity contribution < 1.29 is 9.53 Å². The van der Waals surface area contributed by atoms with Gasteiger partial charge in [-0.25, -0.2) is 0 Å². The van der Waals surface area contributed by atoms with Crippen molar-refractivity contribution in [3.8, 4) is 0 Å². The minimum atomic E-state index is -0.433. The quantitative estimate of drug-likeness (QED) is 0.870. The molecule has 1 aliphatic rings. The number of hydrogen-bond donors (Lipinski definition) is 2. The Hall–Kier alpha value is -1.39. The SMILES string of the molecule is COCC(C)(C)NC(=O)C1(c2ccccc2)CCNCC1. The van der Waals surface area contributed by atoms with E-state index in [1.807, 2.05) is 32.0 Å². The fourth-order valence-corrected chi connectivity index (χ4v) is 3.08. The van der Waals surface area contributed by atoms with E-state index in [1.165, 1.54) is 0 Å². The number of rotatable bonds is 5. The average molecular weight is 290 g/mol. The molecule has 1 amide bonds. The first kappa shape index (κ1) is 16.0. The predicted molar refractivity (Wildman–Crippen MR) is 84.3 cm³/mol. The van der Waals surface area contributed by atoms with E-state index >= 15 is 0 Å². The number of methoxy groups -OCH3 is 1. The van der Waals surface area contributed by atoms with Crippen LogP contribution in [0.25, 0.3) is 0 Å². The van der Waals surface area contributed by atoms with Crippen molar-refractivity contribution in [2.75, 3.05) is 26.8 Å². The largest absolute Gasteiger partial charge is 0.382 e. The van der Waals surface area contributed by atoms with Crippen LogP contribution in [0.4, 0.5) is 0 Å². The Balaban J connectivity index is 2.26. The second-order valence-electron chi connectivity index (χ2n) is 6.47. The molecule has 1 fully saturated rings. The summed E-state index contributed by atoms with van der Waals surface area (Å²) in [5.41, 5.74) is 0.313. The van der Waals surface area contributed by atoms with Crippen molar-refractivity contribution in [3.63, 3.8) is 0 Å². The van der Waals surface area contributed by atoms with Gasteiger partial charge in [0.2, 0.25) is 5.91 Å². The van der Waals surface area contributed by atoms with Crippen LogP contribution in [0.2, 0.25) is 0 Å². The highest BCUT2D eigenvalue weighted by molar-refractivity contribution is 5.89. The van der Waals surface area contributed by atoms with Crippen molar-refractivity contribution in [3.05, 3.63) is 35.9 Å². The molecule has 4 nitrogen and oxygen atoms in total. The fourth-order valence-electron chi connectivity index (χ4n) is 3.08. The van der Waals surface area contributed by atoms with Crippen molar-refractivity contribution in [1.82, 2.24) is 10.6 Å². The van der Waals surface area contributed by atoms with Crippen molar-refractivity contribution in [2.24, 2.45) is 0 Å². The van der Waals surface area contributed by atoms with Gasteiger partial charge in [-0.3, -0.25) is 4.79 Å². The molecule has 1 aromatic carbocycles. The molecule has 21 heavy (non-hydrogen) atoms. The van der Waals surface area contributed by atoms with Gasteiger partial charge in [0, 0.05) is 7.11 Å². The summed E-state index contributed by atoms with van der Waals surface area (Å²) in [7, 11) is 1.66. The van der Waals surface area contributed by atoms with Gasteiger partial charge in [0.05, 0.1) is 17.6 Å². The second kappa shape index (κ2) is 6.58. The summed E-state index contributed by atoms with van der Waals surface area (Å²) >= 11 is 0. The van der Waals surface area contributed by atoms with Crippen LogP contribution in [-0.4, -0.2) is 38.3 Å². The molecule has 4 heteroatoms. The Bertz CT molecular complexity index is 465. The van der Waals surface area contributed by atoms with Crippen molar-refractivity contribution in [2.45, 2.75) is 37.6 Å². The molecule has 0 spiro atoms. The maximum absolute atomic E-state index is 13.0. The van der Waals surface area contributed by atoms with Crippen LogP contribution in [0.1, 0.15) is 32.3 Å². The molecule has 0 unspecified atom stereocenters. The molecular formula is C17H26N2O2. The highest BCUT2D eigenvalue weighted by atomic mass is 16.5. The van der Waals surface area contributed by atoms with Crippen molar-refractivity contribution in [1.29, 1.82) is 0 Å². The lowest BCUT2D eigenvalue weighted by Gasteiger charge is -2.39. The van der Waals surface area contributed by atoms with Gasteiger partial charge in [-0.15, -0.1) is 0 Å². The first-order chi connectivity index (χ1) is 10.0. The van der Waals surface area contributed by atoms with E-state index in [2.05, 4.69) is 22.8 Å². The zero-order valence-electron chi connectivity index (χ0n) is 13.2. The van der Waals surface area contributed by atoms with Crippen LogP contribution in [0.5, 0.6) is 0 Å². The maximum atomic E-state index is 13.0. The number of carbonyl (C=O) groups is 1. The summed E-state index contributed by atoms with van der Waals surface area (Å²) in [5.74, 6) is 0.109. The summed E-state index contributed by atoms with van der Waals surface area (Å²) in [5, 5.41) is 6.52. The number of hydrogen-bond acceptors (Lipinski definition) is 3. The summed E-state index contributed by atoms with van der Waals surface area (Å²) in [6.07, 6.45) is 1.65. The highest BCUT2D eigenvalue weighted by Crippen LogP contribution is 2.34. The lowest BCUT2D eigenvalue weighted by Crippen LogP contribution is -2.57. The minimum absolute atomic E-state index is 0.109. The lowest BCUT2D eigenvalue weighted by molar-refractivity contribution is -0.130. The van der Waals surface area contributed by atoms with Gasteiger partial charge < -0.3 is 15.4 Å². The number of nitrogens with one attached hydrogen (secondary N) is 2. The summed E-state index contributed by atoms with van der Waals surface area (Å²) in [6, 6.07) is 10.1. The molecule has 1 heterocycles. The van der Waals surface area contributed by atoms with E-state index < -0.39 is 5.41 Å². The van der Waals surface area contributed by atoms with Gasteiger partial charge in [0.1, 0.15) is 0 Å². The number of carbonyl (C=O) groups excluding carboxylic acids is 1. The molecule has 2 N–H and O–H groups in total. The van der Waals surface area contributed by atoms with Crippen LogP contribution in [0, 0.1) is 0 Å². The van der Waals surface area contributed by atoms with Gasteiger partial charge in [-0.05, 0) is 45.3 Å². The predicted octanol–water partition coefficient (Wildman–Crippen LogP) is 1.85. The van der Waals surface area contributed by atoms with Crippen LogP contribution in [0.3, 0.4) is 0 Å². The smallest absolute Gasteiger partial charge is 0.231 e. The van der Waals surface area contributed by atoms with Gasteiger partial charge in [0.25, 0.3) is 0 Å². The highest BCUT2D eigenvalue weighted by Gasteiger charge is 2.42. The molecule has 0 aliphatic carbocycles. The van der Waals surface area contributed by atoms with E-state index in [0.29, 0.717) is 6.61 Å². The van der Waals surface area contributed by atoms with E-state index in [9.17, 15) is 4.79 Å². The van der Waals surface area contributed by atoms with Gasteiger partial charge in [-0.1, -0.05) is 30.3 Å². The number of piperidine rings is 1. The van der Waals surface area contributed by atoms with Crippen LogP contribution in [-0.2, 0) is 14.9 Å². The molecule has 0 bridgehead atoms. The summed E-state index contributed by atoms with van der Waals surface area (Å²) in [6.45, 7) is 6.23. The van der Waals surface area contributed by atoms with Crippen LogP contribution < -0.4 is 10.6 Å². The van der Waals surface area contributed by atoms with Gasteiger partial charge >= 0.3 is 0 Å². The lowest BCUT2D eigenvalue weighted by atomic mass is 9.72. The normalized spacial score (nSPS) is 18.2. The Morgan fingerprint density at radius 3 is 2.48 bits per heavy atom. The molecule has 1 saturated heterocycles. The third-order valence-corrected chi connectivity index (χ3v) is 4.18. The average Bonchev–Trinajstić information content (AvgIpc) is 2.48. The first-order valence-corrected chi connectivity index (χ1v) is 7.58. The molecule has 1 aliphatic heterocycles. The third-order valence-electron chi connectivity index (χ3n) is 4.18. The molecule has 116 valence electrons. The summed E-state index contributed by atoms with van der Waals surface area (Å²) < 4.78 is 5.21. The maximum Gasteiger partial charge on any atom is 0.231 e. The zero-order chi connectivity index (χ0) is 15.3. The molecule has 0 radical (unpaired) electrons. The fraction of sp³-hybridized carbons (Fsp3) is 0.588. The first-order valence-electron chi connectivity index (χ1n) is 7.58. The zero-order valence-corrected chi connectivity index (χ0v) is 13.2. The molecule has 0 atom stereocenters. The summed E-state index contributed by atoms with van der Waals surface area (Å²) in [4.78, 5) is 13.0. The van der Waals surface area contributed by atoms with Gasteiger partial charge in [0.15, 0.2) is 0 Å². The Kier molecular flexibility index (Phi) is 5.01. The van der Waals surface area contributed by atoms with E-state index in [0.717, 1.165) is 31.5 Å². The standard InChI is InChI=1S/C17H26N2O2/c1-16(2,13-21-3)19-15(20)17(9-11-18-12-10-17)14-7-5-4-6-8-14/h4-8,18H,9-13H2,1-3H3,(H,19,20). The monoisotopic (exact) mass is 290 g/mol. The second-order valence-corrected chi connectivity index (χ2v) is 6.47. The van der Waals surface area contributed by atoms with Crippen LogP contribution in [0.15, 0.2) is 30.3 Å². The van der Waals surface area contributed by atoms with Gasteiger partial charge in [-0.2, -0.15) is 0 Å². The van der Waals surface area contributed by atoms with Crippen LogP contribution >= 0.6 is 0 Å². The molecule has 0 saturated carbocycles. The molecule has 1 aromatic rings. The molecule has 0 aromatic heterocycles. The molecular weight excluding hydrogens is 264 g/mol. The Morgan fingerprint density at radius 2 is 1.90 bits per heavy atom. The van der Waals surface area contributed by atoms with E-state index in [1.54, 1.807) is 7.11 Å². The molecule has 2 rings (SSSR count). The van der Waals surface area contributed by atoms with E-state index in [4.69, 9.17) is 4.74 Å². The Morgan fingerprint density at radius 1 is 1.29 bits per heavy atom. The minimum Gasteiger partial charge on any atom is -0.382 e. The topological polar surface area (TPSA) is 50.4 Å². The number of ether oxygens (including phenoxy) is 1. The van der Waals surface area contributed by atoms with E-state index in [-0.39, 0.29) is 11.4 Å². The third kappa shape index (κ3) is 3.63.